The van der Waals surface area contributed by atoms with Gasteiger partial charge in [0.15, 0.2) is 11.5 Å². The number of rotatable bonds is 14. The summed E-state index contributed by atoms with van der Waals surface area (Å²) in [6.07, 6.45) is 5.34. The number of benzene rings is 1. The Kier molecular flexibility index (Phi) is 10.6. The van der Waals surface area contributed by atoms with Gasteiger partial charge in [-0.25, -0.2) is 13.1 Å². The van der Waals surface area contributed by atoms with Gasteiger partial charge in [-0.2, -0.15) is 0 Å². The molecule has 0 unspecified atom stereocenters. The smallest absolute Gasteiger partial charge is 0.305 e. The van der Waals surface area contributed by atoms with E-state index in [-0.39, 0.29) is 16.8 Å². The summed E-state index contributed by atoms with van der Waals surface area (Å²) < 4.78 is 42.8. The summed E-state index contributed by atoms with van der Waals surface area (Å²) in [5.74, 6) is 0.760. The van der Waals surface area contributed by atoms with Crippen molar-refractivity contribution in [2.24, 2.45) is 0 Å². The predicted octanol–water partition coefficient (Wildman–Crippen LogP) is 2.15. The van der Waals surface area contributed by atoms with Crippen LogP contribution in [0.5, 0.6) is 11.5 Å². The normalized spacial score (nSPS) is 12.9. The summed E-state index contributed by atoms with van der Waals surface area (Å²) in [5.41, 5.74) is 0. The minimum Gasteiger partial charge on any atom is -0.486 e. The summed E-state index contributed by atoms with van der Waals surface area (Å²) in [6, 6.07) is 4.56. The van der Waals surface area contributed by atoms with Crippen LogP contribution in [0.4, 0.5) is 0 Å². The van der Waals surface area contributed by atoms with E-state index in [0.29, 0.717) is 63.5 Å². The first-order valence-electron chi connectivity index (χ1n) is 10.7. The molecule has 10 heteroatoms. The van der Waals surface area contributed by atoms with Crippen LogP contribution >= 0.6 is 0 Å². The molecule has 0 saturated heterocycles. The van der Waals surface area contributed by atoms with Crippen LogP contribution in [0.15, 0.2) is 23.1 Å². The van der Waals surface area contributed by atoms with Crippen LogP contribution in [-0.2, 0) is 24.3 Å². The number of carbonyl (C=O) groups is 2. The van der Waals surface area contributed by atoms with Gasteiger partial charge < -0.3 is 19.5 Å². The number of amides is 1. The number of sulfonamides is 1. The van der Waals surface area contributed by atoms with Crippen LogP contribution in [-0.4, -0.2) is 53.7 Å². The van der Waals surface area contributed by atoms with Crippen molar-refractivity contribution in [3.8, 4) is 11.5 Å². The van der Waals surface area contributed by atoms with E-state index in [4.69, 9.17) is 9.47 Å². The molecule has 31 heavy (non-hydrogen) atoms. The molecule has 0 spiro atoms. The third-order valence-corrected chi connectivity index (χ3v) is 6.26. The van der Waals surface area contributed by atoms with Gasteiger partial charge in [-0.15, -0.1) is 0 Å². The lowest BCUT2D eigenvalue weighted by molar-refractivity contribution is -0.140. The van der Waals surface area contributed by atoms with Crippen molar-refractivity contribution in [2.75, 3.05) is 33.4 Å². The molecule has 0 fully saturated rings. The van der Waals surface area contributed by atoms with E-state index in [9.17, 15) is 18.0 Å². The lowest BCUT2D eigenvalue weighted by Crippen LogP contribution is -2.25. The van der Waals surface area contributed by atoms with Gasteiger partial charge in [0, 0.05) is 32.0 Å². The zero-order valence-electron chi connectivity index (χ0n) is 18.0. The van der Waals surface area contributed by atoms with Crippen molar-refractivity contribution in [1.29, 1.82) is 0 Å². The van der Waals surface area contributed by atoms with E-state index in [1.165, 1.54) is 19.2 Å². The largest absolute Gasteiger partial charge is 0.486 e. The van der Waals surface area contributed by atoms with Gasteiger partial charge in [0.1, 0.15) is 13.2 Å². The molecule has 1 aliphatic rings. The number of esters is 1. The summed E-state index contributed by atoms with van der Waals surface area (Å²) in [5, 5.41) is 2.86. The molecule has 9 nitrogen and oxygen atoms in total. The Balaban J connectivity index is 1.53. The molecule has 0 atom stereocenters. The number of carbonyl (C=O) groups excluding carboxylic acids is 2. The zero-order chi connectivity index (χ0) is 22.5. The van der Waals surface area contributed by atoms with E-state index in [1.807, 2.05) is 0 Å². The summed E-state index contributed by atoms with van der Waals surface area (Å²) in [7, 11) is -2.25. The first-order valence-corrected chi connectivity index (χ1v) is 12.1. The van der Waals surface area contributed by atoms with Crippen LogP contribution in [0, 0.1) is 0 Å². The highest BCUT2D eigenvalue weighted by Gasteiger charge is 2.18. The first-order chi connectivity index (χ1) is 14.9. The second-order valence-corrected chi connectivity index (χ2v) is 9.02. The maximum Gasteiger partial charge on any atom is 0.305 e. The Morgan fingerprint density at radius 1 is 0.935 bits per heavy atom. The SMILES string of the molecule is COC(=O)CCCCCNC(=O)CCCCCNS(=O)(=O)c1ccc2c(c1)OCCO2. The minimum atomic E-state index is -3.62. The lowest BCUT2D eigenvalue weighted by Gasteiger charge is -2.18. The average molecular weight is 457 g/mol. The molecular weight excluding hydrogens is 424 g/mol. The number of fused-ring (bicyclic) bond motifs is 1. The van der Waals surface area contributed by atoms with E-state index in [2.05, 4.69) is 14.8 Å². The third kappa shape index (κ3) is 9.14. The second kappa shape index (κ2) is 13.2. The van der Waals surface area contributed by atoms with E-state index >= 15 is 0 Å². The summed E-state index contributed by atoms with van der Waals surface area (Å²) in [6.45, 7) is 1.74. The topological polar surface area (TPSA) is 120 Å². The monoisotopic (exact) mass is 456 g/mol. The van der Waals surface area contributed by atoms with Crippen LogP contribution < -0.4 is 19.5 Å². The fourth-order valence-corrected chi connectivity index (χ4v) is 4.15. The first kappa shape index (κ1) is 24.9. The van der Waals surface area contributed by atoms with E-state index in [0.717, 1.165) is 25.7 Å². The molecule has 0 aliphatic carbocycles. The van der Waals surface area contributed by atoms with Crippen LogP contribution in [0.1, 0.15) is 51.4 Å². The van der Waals surface area contributed by atoms with Crippen molar-refractivity contribution in [2.45, 2.75) is 56.3 Å². The molecule has 1 aliphatic heterocycles. The minimum absolute atomic E-state index is 0.00942. The van der Waals surface area contributed by atoms with Crippen LogP contribution in [0.25, 0.3) is 0 Å². The molecule has 2 N–H and O–H groups in total. The Morgan fingerprint density at radius 3 is 2.35 bits per heavy atom. The summed E-state index contributed by atoms with van der Waals surface area (Å²) in [4.78, 5) is 22.9. The maximum atomic E-state index is 12.4. The van der Waals surface area contributed by atoms with Crippen molar-refractivity contribution >= 4 is 21.9 Å². The van der Waals surface area contributed by atoms with Gasteiger partial charge in [-0.1, -0.05) is 12.8 Å². The van der Waals surface area contributed by atoms with Gasteiger partial charge in [-0.05, 0) is 37.8 Å². The highest BCUT2D eigenvalue weighted by atomic mass is 32.2. The molecule has 1 aromatic rings. The van der Waals surface area contributed by atoms with E-state index in [1.54, 1.807) is 6.07 Å². The number of hydrogen-bond acceptors (Lipinski definition) is 7. The number of nitrogens with one attached hydrogen (secondary N) is 2. The number of ether oxygens (including phenoxy) is 3. The number of unbranched alkanes of at least 4 members (excludes halogenated alkanes) is 4. The third-order valence-electron chi connectivity index (χ3n) is 4.80. The molecule has 0 saturated carbocycles. The molecule has 1 heterocycles. The zero-order valence-corrected chi connectivity index (χ0v) is 18.8. The fraction of sp³-hybridized carbons (Fsp3) is 0.619. The van der Waals surface area contributed by atoms with Crippen molar-refractivity contribution < 1.29 is 32.2 Å². The Bertz CT molecular complexity index is 827. The molecule has 0 radical (unpaired) electrons. The molecular formula is C21H32N2O7S. The summed E-state index contributed by atoms with van der Waals surface area (Å²) >= 11 is 0. The van der Waals surface area contributed by atoms with Crippen molar-refractivity contribution in [1.82, 2.24) is 10.0 Å². The van der Waals surface area contributed by atoms with Gasteiger partial charge in [0.25, 0.3) is 0 Å². The van der Waals surface area contributed by atoms with Crippen LogP contribution in [0.3, 0.4) is 0 Å². The molecule has 1 aromatic carbocycles. The standard InChI is InChI=1S/C21H32N2O7S/c1-28-21(25)9-5-3-6-12-22-20(24)8-4-2-7-13-23-31(26,27)17-10-11-18-19(16-17)30-15-14-29-18/h10-11,16,23H,2-9,12-15H2,1H3,(H,22,24). The highest BCUT2D eigenvalue weighted by molar-refractivity contribution is 7.89. The molecule has 1 amide bonds. The lowest BCUT2D eigenvalue weighted by atomic mass is 10.1. The number of hydrogen-bond donors (Lipinski definition) is 2. The Labute approximate surface area is 183 Å². The molecule has 0 aromatic heterocycles. The average Bonchev–Trinajstić information content (AvgIpc) is 2.77. The Hall–Kier alpha value is -2.33. The highest BCUT2D eigenvalue weighted by Crippen LogP contribution is 2.32. The maximum absolute atomic E-state index is 12.4. The van der Waals surface area contributed by atoms with E-state index < -0.39 is 10.0 Å². The second-order valence-electron chi connectivity index (χ2n) is 7.25. The van der Waals surface area contributed by atoms with Crippen LogP contribution in [0.2, 0.25) is 0 Å². The van der Waals surface area contributed by atoms with Gasteiger partial charge in [0.05, 0.1) is 12.0 Å². The van der Waals surface area contributed by atoms with Gasteiger partial charge in [-0.3, -0.25) is 9.59 Å². The predicted molar refractivity (Wildman–Crippen MR) is 115 cm³/mol. The number of methoxy groups -OCH3 is 1. The van der Waals surface area contributed by atoms with Gasteiger partial charge >= 0.3 is 5.97 Å². The molecule has 174 valence electrons. The van der Waals surface area contributed by atoms with Gasteiger partial charge in [0.2, 0.25) is 15.9 Å². The molecule has 0 bridgehead atoms. The fourth-order valence-electron chi connectivity index (χ4n) is 3.06. The quantitative estimate of drug-likeness (QED) is 0.325. The molecule has 2 rings (SSSR count). The van der Waals surface area contributed by atoms with Crippen molar-refractivity contribution in [3.63, 3.8) is 0 Å². The van der Waals surface area contributed by atoms with Crippen molar-refractivity contribution in [3.05, 3.63) is 18.2 Å². The Morgan fingerprint density at radius 2 is 1.61 bits per heavy atom.